The third kappa shape index (κ3) is 2.69. The summed E-state index contributed by atoms with van der Waals surface area (Å²) in [7, 11) is 0. The smallest absolute Gasteiger partial charge is 0.121 e. The number of rotatable bonds is 2. The molecule has 0 spiro atoms. The molecule has 2 aromatic carbocycles. The summed E-state index contributed by atoms with van der Waals surface area (Å²) >= 11 is 0. The van der Waals surface area contributed by atoms with E-state index in [0.717, 1.165) is 33.4 Å². The van der Waals surface area contributed by atoms with Crippen LogP contribution in [0.1, 0.15) is 33.4 Å². The molecule has 0 aliphatic heterocycles. The Morgan fingerprint density at radius 2 is 1.40 bits per heavy atom. The predicted molar refractivity (Wildman–Crippen MR) is 84.1 cm³/mol. The molecule has 0 heterocycles. The van der Waals surface area contributed by atoms with Gasteiger partial charge in [0.15, 0.2) is 0 Å². The van der Waals surface area contributed by atoms with Gasteiger partial charge in [-0.25, -0.2) is 0 Å². The van der Waals surface area contributed by atoms with Crippen molar-refractivity contribution in [1.29, 1.82) is 0 Å². The monoisotopic (exact) mass is 268 g/mol. The van der Waals surface area contributed by atoms with Gasteiger partial charge in [-0.2, -0.15) is 0 Å². The number of aryl methyl sites for hydroxylation is 2. The van der Waals surface area contributed by atoms with Gasteiger partial charge in [0, 0.05) is 0 Å². The van der Waals surface area contributed by atoms with Crippen molar-refractivity contribution >= 4 is 12.2 Å². The Kier molecular flexibility index (Phi) is 3.84. The highest BCUT2D eigenvalue weighted by Crippen LogP contribution is 2.26. The van der Waals surface area contributed by atoms with E-state index in [1.54, 1.807) is 6.07 Å². The van der Waals surface area contributed by atoms with Crippen molar-refractivity contribution in [2.24, 2.45) is 0 Å². The van der Waals surface area contributed by atoms with Gasteiger partial charge in [-0.05, 0) is 79.3 Å². The lowest BCUT2D eigenvalue weighted by Gasteiger charge is -2.07. The predicted octanol–water partition coefficient (Wildman–Crippen LogP) is 4.50. The zero-order valence-electron chi connectivity index (χ0n) is 12.4. The molecule has 0 unspecified atom stereocenters. The Balaban J connectivity index is 2.37. The molecule has 2 rings (SSSR count). The number of aromatic hydroxyl groups is 2. The molecule has 0 aromatic heterocycles. The molecular weight excluding hydrogens is 248 g/mol. The Hall–Kier alpha value is -2.22. The van der Waals surface area contributed by atoms with Gasteiger partial charge in [0.2, 0.25) is 0 Å². The zero-order chi connectivity index (χ0) is 14.9. The van der Waals surface area contributed by atoms with E-state index in [2.05, 4.69) is 0 Å². The molecule has 2 nitrogen and oxygen atoms in total. The van der Waals surface area contributed by atoms with Crippen molar-refractivity contribution in [3.05, 3.63) is 57.6 Å². The molecule has 2 aromatic rings. The SMILES string of the molecule is Cc1cc(/C=C/c2ccc(O)c(C)c2C)cc(C)c1O. The average Bonchev–Trinajstić information content (AvgIpc) is 2.41. The molecular formula is C18H20O2. The summed E-state index contributed by atoms with van der Waals surface area (Å²) in [5.41, 5.74) is 5.89. The average molecular weight is 268 g/mol. The van der Waals surface area contributed by atoms with E-state index in [0.29, 0.717) is 11.5 Å². The highest BCUT2D eigenvalue weighted by atomic mass is 16.3. The van der Waals surface area contributed by atoms with Crippen LogP contribution in [0.25, 0.3) is 12.2 Å². The fraction of sp³-hybridized carbons (Fsp3) is 0.222. The molecule has 0 amide bonds. The molecule has 0 aliphatic rings. The van der Waals surface area contributed by atoms with Crippen LogP contribution in [0.4, 0.5) is 0 Å². The zero-order valence-corrected chi connectivity index (χ0v) is 12.4. The lowest BCUT2D eigenvalue weighted by Crippen LogP contribution is -1.87. The van der Waals surface area contributed by atoms with Crippen LogP contribution < -0.4 is 0 Å². The Bertz CT molecular complexity index is 659. The van der Waals surface area contributed by atoms with Crippen LogP contribution in [0.5, 0.6) is 11.5 Å². The molecule has 2 N–H and O–H groups in total. The van der Waals surface area contributed by atoms with Crippen molar-refractivity contribution in [3.63, 3.8) is 0 Å². The van der Waals surface area contributed by atoms with E-state index in [1.807, 2.05) is 58.0 Å². The fourth-order valence-electron chi connectivity index (χ4n) is 2.28. The van der Waals surface area contributed by atoms with Crippen LogP contribution in [0.2, 0.25) is 0 Å². The van der Waals surface area contributed by atoms with Gasteiger partial charge in [0.25, 0.3) is 0 Å². The Morgan fingerprint density at radius 3 is 2.00 bits per heavy atom. The molecule has 2 heteroatoms. The number of phenolic OH excluding ortho intramolecular Hbond substituents is 2. The molecule has 0 atom stereocenters. The van der Waals surface area contributed by atoms with E-state index in [-0.39, 0.29) is 0 Å². The summed E-state index contributed by atoms with van der Waals surface area (Å²) in [6.07, 6.45) is 4.06. The van der Waals surface area contributed by atoms with E-state index in [4.69, 9.17) is 0 Å². The molecule has 0 radical (unpaired) electrons. The minimum absolute atomic E-state index is 0.330. The second kappa shape index (κ2) is 5.41. The molecule has 0 saturated carbocycles. The molecule has 20 heavy (non-hydrogen) atoms. The maximum atomic E-state index is 9.78. The van der Waals surface area contributed by atoms with Gasteiger partial charge in [-0.15, -0.1) is 0 Å². The van der Waals surface area contributed by atoms with Gasteiger partial charge in [-0.1, -0.05) is 18.2 Å². The number of hydrogen-bond acceptors (Lipinski definition) is 2. The molecule has 104 valence electrons. The first kappa shape index (κ1) is 14.2. The maximum Gasteiger partial charge on any atom is 0.121 e. The highest BCUT2D eigenvalue weighted by molar-refractivity contribution is 5.73. The van der Waals surface area contributed by atoms with Crippen molar-refractivity contribution < 1.29 is 10.2 Å². The van der Waals surface area contributed by atoms with Crippen LogP contribution in [0.15, 0.2) is 24.3 Å². The van der Waals surface area contributed by atoms with Crippen LogP contribution in [0, 0.1) is 27.7 Å². The summed E-state index contributed by atoms with van der Waals surface area (Å²) in [5.74, 6) is 0.690. The standard InChI is InChI=1S/C18H20O2/c1-11-9-15(10-12(2)18(11)20)5-6-16-7-8-17(19)14(4)13(16)3/h5-10,19-20H,1-4H3/b6-5+. The second-order valence-corrected chi connectivity index (χ2v) is 5.26. The largest absolute Gasteiger partial charge is 0.508 e. The third-order valence-electron chi connectivity index (χ3n) is 3.77. The highest BCUT2D eigenvalue weighted by Gasteiger charge is 2.04. The van der Waals surface area contributed by atoms with E-state index < -0.39 is 0 Å². The number of hydrogen-bond donors (Lipinski definition) is 2. The van der Waals surface area contributed by atoms with Crippen molar-refractivity contribution in [3.8, 4) is 11.5 Å². The number of phenols is 2. The summed E-state index contributed by atoms with van der Waals surface area (Å²) < 4.78 is 0. The summed E-state index contributed by atoms with van der Waals surface area (Å²) in [6, 6.07) is 7.55. The van der Waals surface area contributed by atoms with E-state index >= 15 is 0 Å². The first-order valence-corrected chi connectivity index (χ1v) is 6.67. The van der Waals surface area contributed by atoms with Gasteiger partial charge >= 0.3 is 0 Å². The Morgan fingerprint density at radius 1 is 0.800 bits per heavy atom. The third-order valence-corrected chi connectivity index (χ3v) is 3.77. The second-order valence-electron chi connectivity index (χ2n) is 5.26. The summed E-state index contributed by atoms with van der Waals surface area (Å²) in [5, 5.41) is 19.4. The molecule has 0 aliphatic carbocycles. The van der Waals surface area contributed by atoms with Gasteiger partial charge in [0.05, 0.1) is 0 Å². The molecule has 0 saturated heterocycles. The van der Waals surface area contributed by atoms with Gasteiger partial charge < -0.3 is 10.2 Å². The Labute approximate surface area is 120 Å². The van der Waals surface area contributed by atoms with Gasteiger partial charge in [0.1, 0.15) is 11.5 Å². The van der Waals surface area contributed by atoms with Gasteiger partial charge in [-0.3, -0.25) is 0 Å². The summed E-state index contributed by atoms with van der Waals surface area (Å²) in [4.78, 5) is 0. The fourth-order valence-corrected chi connectivity index (χ4v) is 2.28. The quantitative estimate of drug-likeness (QED) is 0.787. The lowest BCUT2D eigenvalue weighted by atomic mass is 10.0. The first-order valence-electron chi connectivity index (χ1n) is 6.67. The first-order chi connectivity index (χ1) is 9.40. The topological polar surface area (TPSA) is 40.5 Å². The normalized spacial score (nSPS) is 11.2. The molecule has 0 bridgehead atoms. The minimum Gasteiger partial charge on any atom is -0.508 e. The van der Waals surface area contributed by atoms with Crippen molar-refractivity contribution in [2.45, 2.75) is 27.7 Å². The molecule has 0 fully saturated rings. The number of benzene rings is 2. The van der Waals surface area contributed by atoms with E-state index in [9.17, 15) is 10.2 Å². The van der Waals surface area contributed by atoms with Crippen LogP contribution in [0.3, 0.4) is 0 Å². The lowest BCUT2D eigenvalue weighted by molar-refractivity contribution is 0.467. The minimum atomic E-state index is 0.330. The van der Waals surface area contributed by atoms with Crippen LogP contribution >= 0.6 is 0 Å². The van der Waals surface area contributed by atoms with Crippen molar-refractivity contribution in [1.82, 2.24) is 0 Å². The van der Waals surface area contributed by atoms with Crippen LogP contribution in [-0.4, -0.2) is 10.2 Å². The van der Waals surface area contributed by atoms with Crippen molar-refractivity contribution in [2.75, 3.05) is 0 Å². The maximum absolute atomic E-state index is 9.78. The van der Waals surface area contributed by atoms with Crippen LogP contribution in [-0.2, 0) is 0 Å². The summed E-state index contributed by atoms with van der Waals surface area (Å²) in [6.45, 7) is 7.71. The van der Waals surface area contributed by atoms with E-state index in [1.165, 1.54) is 0 Å².